The number of halogens is 3. The van der Waals surface area contributed by atoms with E-state index < -0.39 is 5.82 Å². The third-order valence-corrected chi connectivity index (χ3v) is 4.33. The minimum atomic E-state index is -0.639. The fourth-order valence-electron chi connectivity index (χ4n) is 2.48. The van der Waals surface area contributed by atoms with Crippen molar-refractivity contribution in [1.82, 2.24) is 4.90 Å². The maximum absolute atomic E-state index is 13.5. The van der Waals surface area contributed by atoms with Crippen LogP contribution in [0.25, 0.3) is 0 Å². The number of piperidine rings is 1. The zero-order valence-corrected chi connectivity index (χ0v) is 12.7. The molecule has 1 heterocycles. The number of hydrogen-bond acceptors (Lipinski definition) is 2. The molecule has 1 aromatic carbocycles. The normalized spacial score (nSPS) is 20.9. The van der Waals surface area contributed by atoms with Crippen LogP contribution in [0.15, 0.2) is 12.1 Å². The minimum absolute atomic E-state index is 0.0306. The third-order valence-electron chi connectivity index (χ3n) is 3.73. The molecule has 0 aromatic heterocycles. The minimum Gasteiger partial charge on any atom is -0.338 e. The molecule has 2 atom stereocenters. The number of nitrogens with zero attached hydrogens (tertiary/aromatic N) is 1. The summed E-state index contributed by atoms with van der Waals surface area (Å²) in [7, 11) is 0. The second kappa shape index (κ2) is 6.29. The maximum Gasteiger partial charge on any atom is 0.255 e. The molecule has 1 aliphatic rings. The standard InChI is InChI=1S/C14H17Cl2FN2O/c1-8(18)9-3-2-4-19(7-9)14(20)10-5-13(17)12(16)6-11(10)15/h5-6,8-9H,2-4,7,18H2,1H3/t8-,9+/m0/s1. The zero-order chi connectivity index (χ0) is 14.9. The Morgan fingerprint density at radius 3 is 2.80 bits per heavy atom. The summed E-state index contributed by atoms with van der Waals surface area (Å²) in [5.74, 6) is -0.639. The number of carbonyl (C=O) groups excluding carboxylic acids is 1. The number of nitrogens with two attached hydrogens (primary N) is 1. The van der Waals surface area contributed by atoms with Crippen LogP contribution in [-0.4, -0.2) is 29.9 Å². The number of carbonyl (C=O) groups is 1. The predicted molar refractivity (Wildman–Crippen MR) is 78.7 cm³/mol. The second-order valence-electron chi connectivity index (χ2n) is 5.26. The van der Waals surface area contributed by atoms with Crippen molar-refractivity contribution in [3.05, 3.63) is 33.6 Å². The van der Waals surface area contributed by atoms with Gasteiger partial charge in [0, 0.05) is 19.1 Å². The Balaban J connectivity index is 2.21. The van der Waals surface area contributed by atoms with E-state index in [1.165, 1.54) is 6.07 Å². The van der Waals surface area contributed by atoms with Crippen LogP contribution in [0.1, 0.15) is 30.1 Å². The van der Waals surface area contributed by atoms with Crippen molar-refractivity contribution in [2.24, 2.45) is 11.7 Å². The lowest BCUT2D eigenvalue weighted by atomic mass is 9.92. The number of likely N-dealkylation sites (tertiary alicyclic amines) is 1. The van der Waals surface area contributed by atoms with Gasteiger partial charge < -0.3 is 10.6 Å². The van der Waals surface area contributed by atoms with Gasteiger partial charge in [-0.3, -0.25) is 4.79 Å². The molecule has 2 rings (SSSR count). The van der Waals surface area contributed by atoms with Gasteiger partial charge >= 0.3 is 0 Å². The quantitative estimate of drug-likeness (QED) is 0.850. The van der Waals surface area contributed by atoms with Crippen molar-refractivity contribution in [3.63, 3.8) is 0 Å². The summed E-state index contributed by atoms with van der Waals surface area (Å²) >= 11 is 11.6. The SMILES string of the molecule is C[C@H](N)[C@@H]1CCCN(C(=O)c2cc(F)c(Cl)cc2Cl)C1. The van der Waals surface area contributed by atoms with Crippen LogP contribution in [0.4, 0.5) is 4.39 Å². The fraction of sp³-hybridized carbons (Fsp3) is 0.500. The molecule has 0 bridgehead atoms. The topological polar surface area (TPSA) is 46.3 Å². The van der Waals surface area contributed by atoms with E-state index in [2.05, 4.69) is 0 Å². The van der Waals surface area contributed by atoms with Gasteiger partial charge in [0.1, 0.15) is 5.82 Å². The Morgan fingerprint density at radius 2 is 2.15 bits per heavy atom. The van der Waals surface area contributed by atoms with Crippen molar-refractivity contribution >= 4 is 29.1 Å². The average Bonchev–Trinajstić information content (AvgIpc) is 2.42. The lowest BCUT2D eigenvalue weighted by Gasteiger charge is -2.34. The van der Waals surface area contributed by atoms with Crippen molar-refractivity contribution in [2.75, 3.05) is 13.1 Å². The van der Waals surface area contributed by atoms with Crippen LogP contribution in [0.5, 0.6) is 0 Å². The monoisotopic (exact) mass is 318 g/mol. The smallest absolute Gasteiger partial charge is 0.255 e. The van der Waals surface area contributed by atoms with Crippen LogP contribution >= 0.6 is 23.2 Å². The molecule has 2 N–H and O–H groups in total. The van der Waals surface area contributed by atoms with Crippen molar-refractivity contribution in [3.8, 4) is 0 Å². The molecule has 0 aliphatic carbocycles. The van der Waals surface area contributed by atoms with Gasteiger partial charge in [0.05, 0.1) is 15.6 Å². The number of hydrogen-bond donors (Lipinski definition) is 1. The molecule has 1 aliphatic heterocycles. The Kier molecular flexibility index (Phi) is 4.89. The van der Waals surface area contributed by atoms with E-state index in [1.807, 2.05) is 6.92 Å². The Labute approximate surface area is 127 Å². The number of benzene rings is 1. The van der Waals surface area contributed by atoms with Gasteiger partial charge in [0.2, 0.25) is 0 Å². The van der Waals surface area contributed by atoms with Crippen molar-refractivity contribution < 1.29 is 9.18 Å². The lowest BCUT2D eigenvalue weighted by Crippen LogP contribution is -2.45. The summed E-state index contributed by atoms with van der Waals surface area (Å²) in [6.45, 7) is 3.16. The number of amides is 1. The molecule has 0 saturated carbocycles. The highest BCUT2D eigenvalue weighted by Crippen LogP contribution is 2.27. The molecule has 0 spiro atoms. The lowest BCUT2D eigenvalue weighted by molar-refractivity contribution is 0.0660. The van der Waals surface area contributed by atoms with E-state index >= 15 is 0 Å². The summed E-state index contributed by atoms with van der Waals surface area (Å²) in [4.78, 5) is 14.1. The molecule has 1 aromatic rings. The van der Waals surface area contributed by atoms with Gasteiger partial charge in [-0.15, -0.1) is 0 Å². The first-order chi connectivity index (χ1) is 9.40. The summed E-state index contributed by atoms with van der Waals surface area (Å²) in [6, 6.07) is 2.39. The fourth-order valence-corrected chi connectivity index (χ4v) is 2.94. The van der Waals surface area contributed by atoms with E-state index in [1.54, 1.807) is 4.90 Å². The van der Waals surface area contributed by atoms with Gasteiger partial charge in [0.15, 0.2) is 0 Å². The first-order valence-corrected chi connectivity index (χ1v) is 7.35. The zero-order valence-electron chi connectivity index (χ0n) is 11.2. The third kappa shape index (κ3) is 3.25. The van der Waals surface area contributed by atoms with Gasteiger partial charge in [-0.1, -0.05) is 23.2 Å². The van der Waals surface area contributed by atoms with E-state index in [9.17, 15) is 9.18 Å². The van der Waals surface area contributed by atoms with Gasteiger partial charge in [-0.05, 0) is 37.8 Å². The van der Waals surface area contributed by atoms with Crippen LogP contribution in [0.3, 0.4) is 0 Å². The summed E-state index contributed by atoms with van der Waals surface area (Å²) in [5.41, 5.74) is 6.05. The maximum atomic E-state index is 13.5. The molecular weight excluding hydrogens is 302 g/mol. The molecule has 1 fully saturated rings. The molecule has 3 nitrogen and oxygen atoms in total. The molecule has 110 valence electrons. The van der Waals surface area contributed by atoms with Crippen LogP contribution in [-0.2, 0) is 0 Å². The Hall–Kier alpha value is -0.840. The predicted octanol–water partition coefficient (Wildman–Crippen LogP) is 3.33. The summed E-state index contributed by atoms with van der Waals surface area (Å²) < 4.78 is 13.5. The number of rotatable bonds is 2. The molecule has 0 unspecified atom stereocenters. The molecule has 0 radical (unpaired) electrons. The largest absolute Gasteiger partial charge is 0.338 e. The van der Waals surface area contributed by atoms with Gasteiger partial charge in [0.25, 0.3) is 5.91 Å². The summed E-state index contributed by atoms with van der Waals surface area (Å²) in [5, 5.41) is 0.0861. The molecule has 20 heavy (non-hydrogen) atoms. The first kappa shape index (κ1) is 15.5. The highest BCUT2D eigenvalue weighted by molar-refractivity contribution is 6.36. The van der Waals surface area contributed by atoms with E-state index in [0.29, 0.717) is 13.1 Å². The molecular formula is C14H17Cl2FN2O. The van der Waals surface area contributed by atoms with Gasteiger partial charge in [-0.2, -0.15) is 0 Å². The van der Waals surface area contributed by atoms with Crippen molar-refractivity contribution in [2.45, 2.75) is 25.8 Å². The summed E-state index contributed by atoms with van der Waals surface area (Å²) in [6.07, 6.45) is 1.90. The highest BCUT2D eigenvalue weighted by Gasteiger charge is 2.28. The van der Waals surface area contributed by atoms with Crippen LogP contribution in [0.2, 0.25) is 10.0 Å². The Bertz CT molecular complexity index is 522. The van der Waals surface area contributed by atoms with E-state index in [0.717, 1.165) is 18.9 Å². The first-order valence-electron chi connectivity index (χ1n) is 6.59. The van der Waals surface area contributed by atoms with Crippen LogP contribution < -0.4 is 5.73 Å². The van der Waals surface area contributed by atoms with Gasteiger partial charge in [-0.25, -0.2) is 4.39 Å². The molecule has 6 heteroatoms. The van der Waals surface area contributed by atoms with Crippen LogP contribution in [0, 0.1) is 11.7 Å². The molecule has 1 saturated heterocycles. The van der Waals surface area contributed by atoms with E-state index in [-0.39, 0.29) is 33.5 Å². The highest BCUT2D eigenvalue weighted by atomic mass is 35.5. The molecule has 1 amide bonds. The van der Waals surface area contributed by atoms with Crippen molar-refractivity contribution in [1.29, 1.82) is 0 Å². The second-order valence-corrected chi connectivity index (χ2v) is 6.07. The average molecular weight is 319 g/mol. The Morgan fingerprint density at radius 1 is 1.45 bits per heavy atom. The van der Waals surface area contributed by atoms with E-state index in [4.69, 9.17) is 28.9 Å².